The second-order valence-electron chi connectivity index (χ2n) is 5.82. The monoisotopic (exact) mass is 376 g/mol. The van der Waals surface area contributed by atoms with E-state index in [1.54, 1.807) is 17.7 Å². The molecule has 0 fully saturated rings. The van der Waals surface area contributed by atoms with Gasteiger partial charge in [0.25, 0.3) is 0 Å². The van der Waals surface area contributed by atoms with Crippen LogP contribution in [0.1, 0.15) is 21.6 Å². The highest BCUT2D eigenvalue weighted by atomic mass is 32.2. The molecule has 0 aliphatic heterocycles. The Balaban J connectivity index is 1.74. The van der Waals surface area contributed by atoms with Crippen molar-refractivity contribution in [3.8, 4) is 0 Å². The summed E-state index contributed by atoms with van der Waals surface area (Å²) in [6, 6.07) is 7.53. The van der Waals surface area contributed by atoms with E-state index in [0.717, 1.165) is 27.2 Å². The molecule has 6 nitrogen and oxygen atoms in total. The Morgan fingerprint density at radius 1 is 1.08 bits per heavy atom. The molecule has 0 bridgehead atoms. The van der Waals surface area contributed by atoms with Crippen LogP contribution in [0.15, 0.2) is 30.6 Å². The van der Waals surface area contributed by atoms with E-state index in [4.69, 9.17) is 0 Å². The van der Waals surface area contributed by atoms with Crippen LogP contribution in [0.4, 0.5) is 5.82 Å². The minimum absolute atomic E-state index is 0.0167. The van der Waals surface area contributed by atoms with Crippen molar-refractivity contribution < 1.29 is 8.42 Å². The van der Waals surface area contributed by atoms with Gasteiger partial charge in [-0.05, 0) is 37.6 Å². The van der Waals surface area contributed by atoms with E-state index in [1.165, 1.54) is 17.5 Å². The summed E-state index contributed by atoms with van der Waals surface area (Å²) in [5.41, 5.74) is 3.02. The molecule has 2 heterocycles. The first kappa shape index (κ1) is 17.8. The van der Waals surface area contributed by atoms with Crippen LogP contribution in [0.5, 0.6) is 0 Å². The molecule has 0 atom stereocenters. The van der Waals surface area contributed by atoms with E-state index < -0.39 is 10.0 Å². The fraction of sp³-hybridized carbons (Fsp3) is 0.294. The van der Waals surface area contributed by atoms with Gasteiger partial charge in [0, 0.05) is 11.4 Å². The lowest BCUT2D eigenvalue weighted by Gasteiger charge is -2.08. The summed E-state index contributed by atoms with van der Waals surface area (Å²) in [4.78, 5) is 10.9. The Labute approximate surface area is 151 Å². The summed E-state index contributed by atoms with van der Waals surface area (Å²) in [5.74, 6) is 0.811. The first-order valence-electron chi connectivity index (χ1n) is 7.83. The zero-order chi connectivity index (χ0) is 18.0. The number of hydrogen-bond acceptors (Lipinski definition) is 6. The van der Waals surface area contributed by atoms with Crippen molar-refractivity contribution in [2.24, 2.45) is 0 Å². The molecule has 3 rings (SSSR count). The predicted octanol–water partition coefficient (Wildman–Crippen LogP) is 2.97. The maximum absolute atomic E-state index is 11.6. The molecule has 0 aliphatic carbocycles. The van der Waals surface area contributed by atoms with Gasteiger partial charge in [-0.15, -0.1) is 11.3 Å². The normalized spacial score (nSPS) is 11.8. The second-order valence-corrected chi connectivity index (χ2v) is 8.95. The third-order valence-electron chi connectivity index (χ3n) is 4.12. The third kappa shape index (κ3) is 3.97. The fourth-order valence-electron chi connectivity index (χ4n) is 2.55. The molecule has 8 heteroatoms. The molecule has 2 N–H and O–H groups in total. The molecule has 1 aromatic carbocycles. The minimum atomic E-state index is -3.25. The van der Waals surface area contributed by atoms with Gasteiger partial charge in [0.05, 0.1) is 11.1 Å². The van der Waals surface area contributed by atoms with Crippen LogP contribution in [-0.4, -0.2) is 25.4 Å². The lowest BCUT2D eigenvalue weighted by atomic mass is 10.1. The molecule has 0 radical (unpaired) electrons. The highest BCUT2D eigenvalue weighted by Gasteiger charge is 2.12. The maximum atomic E-state index is 11.6. The van der Waals surface area contributed by atoms with Crippen molar-refractivity contribution in [1.82, 2.24) is 14.7 Å². The average molecular weight is 377 g/mol. The van der Waals surface area contributed by atoms with Crippen LogP contribution in [0.25, 0.3) is 10.2 Å². The number of nitrogens with zero attached hydrogens (tertiary/aromatic N) is 2. The molecule has 3 aromatic rings. The highest BCUT2D eigenvalue weighted by Crippen LogP contribution is 2.32. The van der Waals surface area contributed by atoms with E-state index in [1.807, 2.05) is 24.3 Å². The molecule has 0 saturated heterocycles. The number of rotatable bonds is 6. The van der Waals surface area contributed by atoms with Gasteiger partial charge in [-0.3, -0.25) is 0 Å². The summed E-state index contributed by atoms with van der Waals surface area (Å²) in [6.07, 6.45) is 1.58. The lowest BCUT2D eigenvalue weighted by Crippen LogP contribution is -2.20. The number of nitrogens with one attached hydrogen (secondary N) is 2. The number of anilines is 1. The lowest BCUT2D eigenvalue weighted by molar-refractivity contribution is 0.587. The van der Waals surface area contributed by atoms with E-state index in [0.29, 0.717) is 6.54 Å². The standard InChI is InChI=1S/C17H20N4O2S2/c1-11-12(2)24-17-15(11)16(20-10-21-17)19-8-13-4-6-14(7-5-13)9-25(22,23)18-3/h4-7,10,18H,8-9H2,1-3H3,(H,19,20,21). The van der Waals surface area contributed by atoms with Gasteiger partial charge < -0.3 is 5.32 Å². The number of aryl methyl sites for hydroxylation is 2. The Bertz CT molecular complexity index is 995. The largest absolute Gasteiger partial charge is 0.365 e. The van der Waals surface area contributed by atoms with Crippen LogP contribution in [0.3, 0.4) is 0 Å². The van der Waals surface area contributed by atoms with E-state index in [2.05, 4.69) is 33.9 Å². The van der Waals surface area contributed by atoms with Crippen LogP contribution < -0.4 is 10.0 Å². The van der Waals surface area contributed by atoms with E-state index in [9.17, 15) is 8.42 Å². The van der Waals surface area contributed by atoms with Crippen LogP contribution in [0, 0.1) is 13.8 Å². The maximum Gasteiger partial charge on any atom is 0.215 e. The summed E-state index contributed by atoms with van der Waals surface area (Å²) >= 11 is 1.67. The quantitative estimate of drug-likeness (QED) is 0.691. The Morgan fingerprint density at radius 3 is 2.44 bits per heavy atom. The number of sulfonamides is 1. The summed E-state index contributed by atoms with van der Waals surface area (Å²) in [7, 11) is -1.83. The molecule has 25 heavy (non-hydrogen) atoms. The molecular weight excluding hydrogens is 356 g/mol. The summed E-state index contributed by atoms with van der Waals surface area (Å²) in [6.45, 7) is 4.78. The molecule has 0 unspecified atom stereocenters. The number of fused-ring (bicyclic) bond motifs is 1. The van der Waals surface area contributed by atoms with Crippen LogP contribution in [0.2, 0.25) is 0 Å². The van der Waals surface area contributed by atoms with Crippen molar-refractivity contribution in [2.75, 3.05) is 12.4 Å². The Morgan fingerprint density at radius 2 is 1.76 bits per heavy atom. The van der Waals surface area contributed by atoms with Gasteiger partial charge in [-0.2, -0.15) is 0 Å². The fourth-order valence-corrected chi connectivity index (χ4v) is 4.32. The number of hydrogen-bond donors (Lipinski definition) is 2. The van der Waals surface area contributed by atoms with Gasteiger partial charge in [0.2, 0.25) is 10.0 Å². The van der Waals surface area contributed by atoms with Crippen molar-refractivity contribution in [3.05, 3.63) is 52.2 Å². The van der Waals surface area contributed by atoms with Crippen LogP contribution in [-0.2, 0) is 22.3 Å². The number of benzene rings is 1. The average Bonchev–Trinajstić information content (AvgIpc) is 2.89. The Kier molecular flexibility index (Phi) is 5.03. The first-order chi connectivity index (χ1) is 11.9. The first-order valence-corrected chi connectivity index (χ1v) is 10.3. The molecule has 0 amide bonds. The SMILES string of the molecule is CNS(=O)(=O)Cc1ccc(CNc2ncnc3sc(C)c(C)c23)cc1. The molecule has 2 aromatic heterocycles. The van der Waals surface area contributed by atoms with Gasteiger partial charge in [0.15, 0.2) is 0 Å². The van der Waals surface area contributed by atoms with Crippen LogP contribution >= 0.6 is 11.3 Å². The third-order valence-corrected chi connectivity index (χ3v) is 6.57. The predicted molar refractivity (Wildman–Crippen MR) is 102 cm³/mol. The summed E-state index contributed by atoms with van der Waals surface area (Å²) < 4.78 is 25.5. The van der Waals surface area contributed by atoms with Gasteiger partial charge >= 0.3 is 0 Å². The zero-order valence-corrected chi connectivity index (χ0v) is 16.0. The molecular formula is C17H20N4O2S2. The van der Waals surface area contributed by atoms with Gasteiger partial charge in [0.1, 0.15) is 17.0 Å². The van der Waals surface area contributed by atoms with Crippen molar-refractivity contribution >= 4 is 37.4 Å². The topological polar surface area (TPSA) is 84.0 Å². The zero-order valence-electron chi connectivity index (χ0n) is 14.3. The molecule has 0 aliphatic rings. The van der Waals surface area contributed by atoms with Gasteiger partial charge in [-0.25, -0.2) is 23.1 Å². The second kappa shape index (κ2) is 7.07. The van der Waals surface area contributed by atoms with E-state index >= 15 is 0 Å². The summed E-state index contributed by atoms with van der Waals surface area (Å²) in [5, 5.41) is 4.43. The Hall–Kier alpha value is -2.03. The van der Waals surface area contributed by atoms with Crippen molar-refractivity contribution in [1.29, 1.82) is 0 Å². The molecule has 0 spiro atoms. The molecule has 0 saturated carbocycles. The van der Waals surface area contributed by atoms with E-state index in [-0.39, 0.29) is 5.75 Å². The minimum Gasteiger partial charge on any atom is -0.365 e. The number of thiophene rings is 1. The number of aromatic nitrogens is 2. The highest BCUT2D eigenvalue weighted by molar-refractivity contribution is 7.88. The van der Waals surface area contributed by atoms with Crippen molar-refractivity contribution in [2.45, 2.75) is 26.1 Å². The van der Waals surface area contributed by atoms with Crippen molar-refractivity contribution in [3.63, 3.8) is 0 Å². The smallest absolute Gasteiger partial charge is 0.215 e. The van der Waals surface area contributed by atoms with Gasteiger partial charge in [-0.1, -0.05) is 24.3 Å². The molecule has 132 valence electrons.